The number of pyridine rings is 1. The van der Waals surface area contributed by atoms with Gasteiger partial charge in [0.2, 0.25) is 0 Å². The first-order chi connectivity index (χ1) is 12.1. The van der Waals surface area contributed by atoms with E-state index in [1.54, 1.807) is 10.2 Å². The Hall–Kier alpha value is -2.18. The summed E-state index contributed by atoms with van der Waals surface area (Å²) in [5.41, 5.74) is 4.15. The van der Waals surface area contributed by atoms with Gasteiger partial charge in [-0.1, -0.05) is 17.7 Å². The molecule has 3 aromatic rings. The lowest BCUT2D eigenvalue weighted by Gasteiger charge is -2.29. The van der Waals surface area contributed by atoms with E-state index < -0.39 is 11.0 Å². The minimum atomic E-state index is -1.31. The van der Waals surface area contributed by atoms with E-state index in [2.05, 4.69) is 16.8 Å². The maximum absolute atomic E-state index is 13.1. The average molecular weight is 355 g/mol. The lowest BCUT2D eigenvalue weighted by Crippen LogP contribution is -2.36. The van der Waals surface area contributed by atoms with Crippen molar-refractivity contribution in [1.82, 2.24) is 8.96 Å². The molecular formula is C19H21N3O2S. The highest BCUT2D eigenvalue weighted by Gasteiger charge is 2.20. The number of hydrogen-bond acceptors (Lipinski definition) is 4. The second-order valence-corrected chi connectivity index (χ2v) is 7.69. The van der Waals surface area contributed by atoms with Crippen molar-refractivity contribution in [3.63, 3.8) is 0 Å². The van der Waals surface area contributed by atoms with E-state index in [9.17, 15) is 4.21 Å². The Bertz CT molecular complexity index is 928. The van der Waals surface area contributed by atoms with Gasteiger partial charge in [-0.15, -0.1) is 0 Å². The predicted molar refractivity (Wildman–Crippen MR) is 100 cm³/mol. The van der Waals surface area contributed by atoms with Crippen LogP contribution in [0.15, 0.2) is 47.6 Å². The summed E-state index contributed by atoms with van der Waals surface area (Å²) in [5, 5.41) is 1.07. The number of hydrogen-bond donors (Lipinski definition) is 0. The summed E-state index contributed by atoms with van der Waals surface area (Å²) in [6.45, 7) is 7.28. The largest absolute Gasteiger partial charge is 0.378 e. The Morgan fingerprint density at radius 1 is 1.08 bits per heavy atom. The molecule has 0 radical (unpaired) electrons. The van der Waals surface area contributed by atoms with Gasteiger partial charge in [-0.25, -0.2) is 13.2 Å². The van der Waals surface area contributed by atoms with Gasteiger partial charge < -0.3 is 9.64 Å². The fourth-order valence-electron chi connectivity index (χ4n) is 3.25. The lowest BCUT2D eigenvalue weighted by molar-refractivity contribution is 0.123. The minimum absolute atomic E-state index is 0.735. The maximum atomic E-state index is 13.1. The first-order valence-electron chi connectivity index (χ1n) is 8.43. The minimum Gasteiger partial charge on any atom is -0.378 e. The molecule has 0 N–H and O–H groups in total. The van der Waals surface area contributed by atoms with Crippen molar-refractivity contribution < 1.29 is 8.95 Å². The summed E-state index contributed by atoms with van der Waals surface area (Å²) in [6.07, 6.45) is 3.74. The molecule has 0 aliphatic carbocycles. The standard InChI is InChI=1S/C19H21N3O2S/c1-14-3-5-16(6-4-14)25(23)22-13-15(2)18-17(7-8-20-19(18)22)21-9-11-24-12-10-21/h3-8,13H,9-12H2,1-2H3. The molecule has 1 atom stereocenters. The van der Waals surface area contributed by atoms with Gasteiger partial charge in [-0.2, -0.15) is 0 Å². The number of fused-ring (bicyclic) bond motifs is 1. The molecule has 5 nitrogen and oxygen atoms in total. The number of nitrogens with zero attached hydrogens (tertiary/aromatic N) is 3. The number of aromatic nitrogens is 2. The molecule has 0 spiro atoms. The molecule has 1 fully saturated rings. The van der Waals surface area contributed by atoms with Crippen molar-refractivity contribution in [1.29, 1.82) is 0 Å². The molecule has 1 aliphatic heterocycles. The van der Waals surface area contributed by atoms with Crippen molar-refractivity contribution in [2.45, 2.75) is 18.7 Å². The zero-order valence-electron chi connectivity index (χ0n) is 14.4. The van der Waals surface area contributed by atoms with Crippen LogP contribution in [0.25, 0.3) is 11.0 Å². The van der Waals surface area contributed by atoms with Crippen LogP contribution >= 0.6 is 0 Å². The zero-order chi connectivity index (χ0) is 17.4. The lowest BCUT2D eigenvalue weighted by atomic mass is 10.2. The molecule has 3 heterocycles. The summed E-state index contributed by atoms with van der Waals surface area (Å²) in [6, 6.07) is 9.84. The van der Waals surface area contributed by atoms with Crippen LogP contribution in [0.3, 0.4) is 0 Å². The quantitative estimate of drug-likeness (QED) is 0.724. The van der Waals surface area contributed by atoms with Gasteiger partial charge >= 0.3 is 0 Å². The van der Waals surface area contributed by atoms with Crippen molar-refractivity contribution in [2.24, 2.45) is 0 Å². The molecule has 130 valence electrons. The van der Waals surface area contributed by atoms with Crippen LogP contribution in [0.4, 0.5) is 5.69 Å². The summed E-state index contributed by atoms with van der Waals surface area (Å²) >= 11 is 0. The highest BCUT2D eigenvalue weighted by Crippen LogP contribution is 2.31. The fourth-order valence-corrected chi connectivity index (χ4v) is 4.40. The van der Waals surface area contributed by atoms with Crippen LogP contribution in [-0.4, -0.2) is 39.5 Å². The van der Waals surface area contributed by atoms with Crippen molar-refractivity contribution in [2.75, 3.05) is 31.2 Å². The van der Waals surface area contributed by atoms with Gasteiger partial charge in [-0.3, -0.25) is 0 Å². The third kappa shape index (κ3) is 2.96. The number of benzene rings is 1. The molecule has 6 heteroatoms. The van der Waals surface area contributed by atoms with Gasteiger partial charge in [0.05, 0.1) is 18.1 Å². The van der Waals surface area contributed by atoms with E-state index in [0.717, 1.165) is 59.0 Å². The molecule has 1 unspecified atom stereocenters. The first-order valence-corrected chi connectivity index (χ1v) is 9.54. The maximum Gasteiger partial charge on any atom is 0.158 e. The second kappa shape index (κ2) is 6.61. The first kappa shape index (κ1) is 16.3. The number of ether oxygens (including phenoxy) is 1. The van der Waals surface area contributed by atoms with Crippen LogP contribution in [-0.2, 0) is 15.7 Å². The Morgan fingerprint density at radius 2 is 1.80 bits per heavy atom. The molecule has 2 aromatic heterocycles. The molecule has 0 saturated carbocycles. The third-order valence-electron chi connectivity index (χ3n) is 4.58. The number of anilines is 1. The second-order valence-electron chi connectivity index (χ2n) is 6.33. The molecule has 4 rings (SSSR count). The van der Waals surface area contributed by atoms with Crippen LogP contribution in [0, 0.1) is 13.8 Å². The van der Waals surface area contributed by atoms with E-state index in [4.69, 9.17) is 4.74 Å². The molecule has 1 aliphatic rings. The Balaban J connectivity index is 1.81. The highest BCUT2D eigenvalue weighted by atomic mass is 32.2. The van der Waals surface area contributed by atoms with Crippen LogP contribution in [0.2, 0.25) is 0 Å². The smallest absolute Gasteiger partial charge is 0.158 e. The predicted octanol–water partition coefficient (Wildman–Crippen LogP) is 3.06. The molecule has 0 amide bonds. The van der Waals surface area contributed by atoms with Gasteiger partial charge in [0, 0.05) is 36.6 Å². The zero-order valence-corrected chi connectivity index (χ0v) is 15.3. The molecule has 1 aromatic carbocycles. The van der Waals surface area contributed by atoms with Crippen LogP contribution in [0.5, 0.6) is 0 Å². The fraction of sp³-hybridized carbons (Fsp3) is 0.316. The normalized spacial score (nSPS) is 16.3. The third-order valence-corrected chi connectivity index (χ3v) is 5.89. The van der Waals surface area contributed by atoms with Crippen LogP contribution < -0.4 is 4.90 Å². The van der Waals surface area contributed by atoms with Crippen LogP contribution in [0.1, 0.15) is 11.1 Å². The molecule has 25 heavy (non-hydrogen) atoms. The molecule has 1 saturated heterocycles. The van der Waals surface area contributed by atoms with Crippen molar-refractivity contribution >= 4 is 27.7 Å². The number of rotatable bonds is 3. The van der Waals surface area contributed by atoms with E-state index in [1.807, 2.05) is 43.5 Å². The number of aryl methyl sites for hydroxylation is 2. The van der Waals surface area contributed by atoms with Gasteiger partial charge in [0.15, 0.2) is 16.6 Å². The van der Waals surface area contributed by atoms with E-state index >= 15 is 0 Å². The summed E-state index contributed by atoms with van der Waals surface area (Å²) < 4.78 is 20.3. The molecular weight excluding hydrogens is 334 g/mol. The summed E-state index contributed by atoms with van der Waals surface area (Å²) in [4.78, 5) is 7.63. The van der Waals surface area contributed by atoms with E-state index in [0.29, 0.717) is 0 Å². The van der Waals surface area contributed by atoms with E-state index in [1.165, 1.54) is 0 Å². The van der Waals surface area contributed by atoms with E-state index in [-0.39, 0.29) is 0 Å². The SMILES string of the molecule is Cc1ccc(S(=O)n2cc(C)c3c(N4CCOCC4)ccnc32)cc1. The Kier molecular flexibility index (Phi) is 4.31. The highest BCUT2D eigenvalue weighted by molar-refractivity contribution is 7.83. The van der Waals surface area contributed by atoms with Gasteiger partial charge in [-0.05, 0) is 37.6 Å². The van der Waals surface area contributed by atoms with Crippen molar-refractivity contribution in [3.8, 4) is 0 Å². The van der Waals surface area contributed by atoms with Gasteiger partial charge in [0.25, 0.3) is 0 Å². The van der Waals surface area contributed by atoms with Gasteiger partial charge in [0.1, 0.15) is 0 Å². The molecule has 0 bridgehead atoms. The number of morpholine rings is 1. The van der Waals surface area contributed by atoms with Crippen molar-refractivity contribution in [3.05, 3.63) is 53.9 Å². The monoisotopic (exact) mass is 355 g/mol. The summed E-state index contributed by atoms with van der Waals surface area (Å²) in [7, 11) is -1.31. The average Bonchev–Trinajstić information content (AvgIpc) is 2.99. The summed E-state index contributed by atoms with van der Waals surface area (Å²) in [5.74, 6) is 0. The Morgan fingerprint density at radius 3 is 2.52 bits per heavy atom. The topological polar surface area (TPSA) is 47.4 Å². The Labute approximate surface area is 149 Å².